The van der Waals surface area contributed by atoms with E-state index in [-0.39, 0.29) is 17.0 Å². The topological polar surface area (TPSA) is 74.6 Å². The highest BCUT2D eigenvalue weighted by Crippen LogP contribution is 2.26. The lowest BCUT2D eigenvalue weighted by atomic mass is 9.86. The van der Waals surface area contributed by atoms with Crippen LogP contribution in [0, 0.1) is 0 Å². The van der Waals surface area contributed by atoms with Crippen molar-refractivity contribution in [2.45, 2.75) is 18.8 Å². The van der Waals surface area contributed by atoms with Gasteiger partial charge in [0.2, 0.25) is 0 Å². The van der Waals surface area contributed by atoms with Gasteiger partial charge in [0, 0.05) is 0 Å². The van der Waals surface area contributed by atoms with Gasteiger partial charge in [-0.15, -0.1) is 0 Å². The summed E-state index contributed by atoms with van der Waals surface area (Å²) >= 11 is 0. The molecule has 3 aromatic carbocycles. The Morgan fingerprint density at radius 1 is 0.667 bits per heavy atom. The first kappa shape index (κ1) is 18.4. The number of carboxylic acids is 2. The van der Waals surface area contributed by atoms with Crippen molar-refractivity contribution < 1.29 is 19.8 Å². The van der Waals surface area contributed by atoms with Crippen LogP contribution >= 0.6 is 0 Å². The molecule has 0 amide bonds. The molecule has 0 aliphatic rings. The van der Waals surface area contributed by atoms with Crippen LogP contribution in [-0.4, -0.2) is 22.2 Å². The largest absolute Gasteiger partial charge is 0.478 e. The number of rotatable bonds is 7. The first-order valence-electron chi connectivity index (χ1n) is 8.73. The lowest BCUT2D eigenvalue weighted by molar-refractivity contribution is 0.0651. The van der Waals surface area contributed by atoms with Gasteiger partial charge in [0.1, 0.15) is 0 Å². The van der Waals surface area contributed by atoms with E-state index in [0.717, 1.165) is 12.0 Å². The van der Waals surface area contributed by atoms with Crippen molar-refractivity contribution in [3.8, 4) is 0 Å². The molecule has 0 saturated carbocycles. The molecule has 27 heavy (non-hydrogen) atoms. The van der Waals surface area contributed by atoms with Gasteiger partial charge < -0.3 is 10.2 Å². The zero-order valence-electron chi connectivity index (χ0n) is 14.7. The minimum atomic E-state index is -1.23. The molecule has 0 bridgehead atoms. The summed E-state index contributed by atoms with van der Waals surface area (Å²) in [5.74, 6) is -2.30. The normalized spacial score (nSPS) is 11.7. The van der Waals surface area contributed by atoms with Crippen molar-refractivity contribution >= 4 is 11.9 Å². The first-order chi connectivity index (χ1) is 13.0. The minimum absolute atomic E-state index is 0.158. The van der Waals surface area contributed by atoms with Crippen LogP contribution in [0.25, 0.3) is 0 Å². The van der Waals surface area contributed by atoms with Crippen LogP contribution in [0.3, 0.4) is 0 Å². The average molecular weight is 360 g/mol. The van der Waals surface area contributed by atoms with Crippen LogP contribution in [0.15, 0.2) is 78.9 Å². The molecule has 136 valence electrons. The fraction of sp³-hybridized carbons (Fsp3) is 0.130. The van der Waals surface area contributed by atoms with E-state index >= 15 is 0 Å². The van der Waals surface area contributed by atoms with E-state index in [9.17, 15) is 19.8 Å². The van der Waals surface area contributed by atoms with Crippen LogP contribution < -0.4 is 0 Å². The van der Waals surface area contributed by atoms with E-state index < -0.39 is 11.9 Å². The monoisotopic (exact) mass is 360 g/mol. The lowest BCUT2D eigenvalue weighted by Crippen LogP contribution is -2.11. The van der Waals surface area contributed by atoms with E-state index in [4.69, 9.17) is 0 Å². The molecule has 0 heterocycles. The maximum atomic E-state index is 11.5. The zero-order chi connectivity index (χ0) is 19.2. The van der Waals surface area contributed by atoms with E-state index in [0.29, 0.717) is 6.42 Å². The van der Waals surface area contributed by atoms with Crippen molar-refractivity contribution in [2.75, 3.05) is 0 Å². The third-order valence-electron chi connectivity index (χ3n) is 4.62. The summed E-state index contributed by atoms with van der Waals surface area (Å²) in [7, 11) is 0. The molecular formula is C23H20O4. The second-order valence-electron chi connectivity index (χ2n) is 6.49. The number of carbonyl (C=O) groups is 2. The molecule has 4 heteroatoms. The van der Waals surface area contributed by atoms with Gasteiger partial charge in [0.25, 0.3) is 0 Å². The molecule has 3 aromatic rings. The molecule has 1 atom stereocenters. The molecule has 1 unspecified atom stereocenters. The summed E-state index contributed by atoms with van der Waals surface area (Å²) in [6.45, 7) is 0. The second kappa shape index (κ2) is 8.32. The molecule has 0 saturated heterocycles. The van der Waals surface area contributed by atoms with Crippen molar-refractivity contribution in [2.24, 2.45) is 0 Å². The molecular weight excluding hydrogens is 340 g/mol. The molecule has 3 rings (SSSR count). The Labute approximate surface area is 157 Å². The number of hydrogen-bond donors (Lipinski definition) is 2. The fourth-order valence-electron chi connectivity index (χ4n) is 3.30. The van der Waals surface area contributed by atoms with Crippen LogP contribution in [0.1, 0.15) is 43.3 Å². The first-order valence-corrected chi connectivity index (χ1v) is 8.73. The van der Waals surface area contributed by atoms with E-state index in [1.165, 1.54) is 23.3 Å². The van der Waals surface area contributed by atoms with Crippen LogP contribution in [0.4, 0.5) is 0 Å². The third kappa shape index (κ3) is 4.61. The quantitative estimate of drug-likeness (QED) is 0.643. The average Bonchev–Trinajstić information content (AvgIpc) is 2.68. The summed E-state index contributed by atoms with van der Waals surface area (Å²) in [5.41, 5.74) is 2.81. The van der Waals surface area contributed by atoms with Gasteiger partial charge in [-0.1, -0.05) is 66.7 Å². The van der Waals surface area contributed by atoms with E-state index in [1.807, 2.05) is 36.4 Å². The number of hydrogen-bond acceptors (Lipinski definition) is 2. The van der Waals surface area contributed by atoms with Crippen LogP contribution in [-0.2, 0) is 12.8 Å². The third-order valence-corrected chi connectivity index (χ3v) is 4.62. The van der Waals surface area contributed by atoms with E-state index in [2.05, 4.69) is 24.3 Å². The molecule has 0 aliphatic carbocycles. The van der Waals surface area contributed by atoms with Gasteiger partial charge in [-0.3, -0.25) is 0 Å². The van der Waals surface area contributed by atoms with Crippen molar-refractivity contribution in [1.82, 2.24) is 0 Å². The SMILES string of the molecule is O=C(O)c1ccc(CC(Cc2ccccc2)c2ccccc2)cc1C(=O)O. The van der Waals surface area contributed by atoms with Gasteiger partial charge in [-0.05, 0) is 47.6 Å². The molecule has 0 aliphatic heterocycles. The highest BCUT2D eigenvalue weighted by atomic mass is 16.4. The summed E-state index contributed by atoms with van der Waals surface area (Å²) in [6.07, 6.45) is 1.44. The minimum Gasteiger partial charge on any atom is -0.478 e. The van der Waals surface area contributed by atoms with Crippen molar-refractivity contribution in [3.05, 3.63) is 107 Å². The maximum Gasteiger partial charge on any atom is 0.336 e. The molecule has 0 aromatic heterocycles. The Hall–Kier alpha value is -3.40. The van der Waals surface area contributed by atoms with E-state index in [1.54, 1.807) is 6.07 Å². The maximum absolute atomic E-state index is 11.5. The summed E-state index contributed by atoms with van der Waals surface area (Å²) in [4.78, 5) is 22.7. The molecule has 0 radical (unpaired) electrons. The second-order valence-corrected chi connectivity index (χ2v) is 6.49. The Morgan fingerprint density at radius 2 is 1.22 bits per heavy atom. The van der Waals surface area contributed by atoms with Gasteiger partial charge >= 0.3 is 11.9 Å². The highest BCUT2D eigenvalue weighted by molar-refractivity contribution is 6.01. The van der Waals surface area contributed by atoms with Gasteiger partial charge in [-0.2, -0.15) is 0 Å². The summed E-state index contributed by atoms with van der Waals surface area (Å²) in [6, 6.07) is 24.8. The number of carboxylic acid groups (broad SMARTS) is 2. The number of aromatic carboxylic acids is 2. The number of benzene rings is 3. The van der Waals surface area contributed by atoms with Gasteiger partial charge in [0.15, 0.2) is 0 Å². The zero-order valence-corrected chi connectivity index (χ0v) is 14.7. The molecule has 2 N–H and O–H groups in total. The predicted octanol–water partition coefficient (Wildman–Crippen LogP) is 4.65. The van der Waals surface area contributed by atoms with Crippen LogP contribution in [0.2, 0.25) is 0 Å². The molecule has 0 spiro atoms. The molecule has 4 nitrogen and oxygen atoms in total. The fourth-order valence-corrected chi connectivity index (χ4v) is 3.30. The standard InChI is InChI=1S/C23H20O4/c24-22(25)20-12-11-17(15-21(20)23(26)27)14-19(18-9-5-2-6-10-18)13-16-7-3-1-4-8-16/h1-12,15,19H,13-14H2,(H,24,25)(H,26,27). The van der Waals surface area contributed by atoms with Crippen LogP contribution in [0.5, 0.6) is 0 Å². The lowest BCUT2D eigenvalue weighted by Gasteiger charge is -2.18. The predicted molar refractivity (Wildman–Crippen MR) is 103 cm³/mol. The van der Waals surface area contributed by atoms with Gasteiger partial charge in [0.05, 0.1) is 11.1 Å². The summed E-state index contributed by atoms with van der Waals surface area (Å²) < 4.78 is 0. The Kier molecular flexibility index (Phi) is 5.67. The highest BCUT2D eigenvalue weighted by Gasteiger charge is 2.19. The van der Waals surface area contributed by atoms with Crippen molar-refractivity contribution in [1.29, 1.82) is 0 Å². The summed E-state index contributed by atoms with van der Waals surface area (Å²) in [5, 5.41) is 18.6. The smallest absolute Gasteiger partial charge is 0.336 e. The molecule has 0 fully saturated rings. The Morgan fingerprint density at radius 3 is 1.81 bits per heavy atom. The van der Waals surface area contributed by atoms with Crippen molar-refractivity contribution in [3.63, 3.8) is 0 Å². The Bertz CT molecular complexity index is 933. The Balaban J connectivity index is 1.93. The van der Waals surface area contributed by atoms with Gasteiger partial charge in [-0.25, -0.2) is 9.59 Å².